The van der Waals surface area contributed by atoms with Crippen LogP contribution in [-0.2, 0) is 11.3 Å². The van der Waals surface area contributed by atoms with Gasteiger partial charge in [-0.2, -0.15) is 0 Å². The van der Waals surface area contributed by atoms with Crippen LogP contribution in [-0.4, -0.2) is 51.0 Å². The van der Waals surface area contributed by atoms with Crippen LogP contribution in [0.2, 0.25) is 0 Å². The van der Waals surface area contributed by atoms with Gasteiger partial charge in [0, 0.05) is 12.7 Å². The summed E-state index contributed by atoms with van der Waals surface area (Å²) < 4.78 is 1.56. The Morgan fingerprint density at radius 1 is 1.26 bits per heavy atom. The maximum absolute atomic E-state index is 12.0. The molecule has 19 heavy (non-hydrogen) atoms. The van der Waals surface area contributed by atoms with Gasteiger partial charge < -0.3 is 10.2 Å². The highest BCUT2D eigenvalue weighted by Gasteiger charge is 2.45. The Hall–Kier alpha value is -1.43. The predicted molar refractivity (Wildman–Crippen MR) is 70.4 cm³/mol. The van der Waals surface area contributed by atoms with E-state index in [0.717, 1.165) is 19.4 Å². The second kappa shape index (κ2) is 5.28. The lowest BCUT2D eigenvalue weighted by Crippen LogP contribution is -2.48. The van der Waals surface area contributed by atoms with Crippen LogP contribution in [0, 0.1) is 0 Å². The van der Waals surface area contributed by atoms with Gasteiger partial charge in [-0.25, -0.2) is 4.68 Å². The van der Waals surface area contributed by atoms with E-state index in [9.17, 15) is 4.79 Å². The van der Waals surface area contributed by atoms with Crippen LogP contribution in [0.15, 0.2) is 12.4 Å². The molecule has 1 aromatic rings. The second-order valence-corrected chi connectivity index (χ2v) is 5.77. The van der Waals surface area contributed by atoms with Crippen molar-refractivity contribution in [2.75, 3.05) is 19.6 Å². The molecule has 1 saturated heterocycles. The molecule has 0 atom stereocenters. The van der Waals surface area contributed by atoms with E-state index in [-0.39, 0.29) is 18.0 Å². The second-order valence-electron chi connectivity index (χ2n) is 5.77. The minimum Gasteiger partial charge on any atom is -0.348 e. The summed E-state index contributed by atoms with van der Waals surface area (Å²) in [5.74, 6) is 0.0417. The normalized spacial score (nSPS) is 22.1. The number of carbonyl (C=O) groups excluding carboxylic acids is 1. The summed E-state index contributed by atoms with van der Waals surface area (Å²) in [4.78, 5) is 14.5. The summed E-state index contributed by atoms with van der Waals surface area (Å²) >= 11 is 0. The molecular weight excluding hydrogens is 242 g/mol. The first-order valence-electron chi connectivity index (χ1n) is 7.13. The van der Waals surface area contributed by atoms with E-state index in [4.69, 9.17) is 0 Å². The van der Waals surface area contributed by atoms with Crippen LogP contribution in [0.4, 0.5) is 0 Å². The van der Waals surface area contributed by atoms with E-state index in [1.807, 2.05) is 0 Å². The molecule has 0 unspecified atom stereocenters. The molecular formula is C13H21N5O. The number of rotatable bonds is 5. The lowest BCUT2D eigenvalue weighted by atomic mass is 10.1. The van der Waals surface area contributed by atoms with Gasteiger partial charge in [0.05, 0.1) is 11.7 Å². The molecule has 0 aromatic carbocycles. The summed E-state index contributed by atoms with van der Waals surface area (Å²) in [6.07, 6.45) is 9.45. The van der Waals surface area contributed by atoms with Crippen LogP contribution < -0.4 is 5.32 Å². The molecule has 2 fully saturated rings. The Balaban J connectivity index is 1.49. The van der Waals surface area contributed by atoms with Gasteiger partial charge in [-0.1, -0.05) is 11.6 Å². The maximum atomic E-state index is 12.0. The van der Waals surface area contributed by atoms with Crippen molar-refractivity contribution in [3.8, 4) is 0 Å². The number of carbonyl (C=O) groups is 1. The molecule has 2 aliphatic rings. The maximum Gasteiger partial charge on any atom is 0.242 e. The van der Waals surface area contributed by atoms with Gasteiger partial charge in [-0.15, -0.1) is 5.10 Å². The van der Waals surface area contributed by atoms with Crippen molar-refractivity contribution in [3.63, 3.8) is 0 Å². The summed E-state index contributed by atoms with van der Waals surface area (Å²) in [6, 6.07) is 0. The Labute approximate surface area is 113 Å². The van der Waals surface area contributed by atoms with Crippen molar-refractivity contribution in [1.82, 2.24) is 25.2 Å². The standard InChI is InChI=1S/C13H21N5O/c19-12(10-18-9-6-14-16-18)15-13(4-5-13)11-17-7-2-1-3-8-17/h6,9H,1-5,7-8,10-11H2,(H,15,19). The molecule has 104 valence electrons. The number of likely N-dealkylation sites (tertiary alicyclic amines) is 1. The van der Waals surface area contributed by atoms with E-state index in [0.29, 0.717) is 0 Å². The Morgan fingerprint density at radius 3 is 2.68 bits per heavy atom. The van der Waals surface area contributed by atoms with Crippen LogP contribution in [0.3, 0.4) is 0 Å². The van der Waals surface area contributed by atoms with Crippen molar-refractivity contribution in [1.29, 1.82) is 0 Å². The zero-order chi connectivity index (χ0) is 13.1. The van der Waals surface area contributed by atoms with Crippen molar-refractivity contribution >= 4 is 5.91 Å². The predicted octanol–water partition coefficient (Wildman–Crippen LogP) is 0.413. The molecule has 0 bridgehead atoms. The number of aromatic nitrogens is 3. The molecule has 1 aliphatic heterocycles. The fourth-order valence-corrected chi connectivity index (χ4v) is 2.82. The number of amides is 1. The first kappa shape index (κ1) is 12.6. The zero-order valence-electron chi connectivity index (χ0n) is 11.2. The Kier molecular flexibility index (Phi) is 3.50. The van der Waals surface area contributed by atoms with Gasteiger partial charge in [0.15, 0.2) is 0 Å². The highest BCUT2D eigenvalue weighted by Crippen LogP contribution is 2.36. The molecule has 1 aliphatic carbocycles. The Bertz CT molecular complexity index is 420. The molecule has 3 rings (SSSR count). The number of hydrogen-bond acceptors (Lipinski definition) is 4. The average Bonchev–Trinajstić information content (AvgIpc) is 2.95. The lowest BCUT2D eigenvalue weighted by molar-refractivity contribution is -0.123. The van der Waals surface area contributed by atoms with Crippen molar-refractivity contribution in [2.45, 2.75) is 44.2 Å². The fraction of sp³-hybridized carbons (Fsp3) is 0.769. The van der Waals surface area contributed by atoms with Gasteiger partial charge in [0.1, 0.15) is 6.54 Å². The van der Waals surface area contributed by atoms with E-state index in [1.165, 1.54) is 32.4 Å². The van der Waals surface area contributed by atoms with Gasteiger partial charge in [-0.05, 0) is 38.8 Å². The van der Waals surface area contributed by atoms with E-state index >= 15 is 0 Å². The van der Waals surface area contributed by atoms with Gasteiger partial charge >= 0.3 is 0 Å². The number of hydrogen-bond donors (Lipinski definition) is 1. The topological polar surface area (TPSA) is 63.1 Å². The first-order valence-corrected chi connectivity index (χ1v) is 7.13. The molecule has 0 radical (unpaired) electrons. The van der Waals surface area contributed by atoms with Crippen molar-refractivity contribution in [3.05, 3.63) is 12.4 Å². The molecule has 0 spiro atoms. The highest BCUT2D eigenvalue weighted by atomic mass is 16.2. The number of piperidine rings is 1. The molecule has 1 N–H and O–H groups in total. The monoisotopic (exact) mass is 263 g/mol. The molecule has 6 heteroatoms. The molecule has 1 aromatic heterocycles. The van der Waals surface area contributed by atoms with Gasteiger partial charge in [-0.3, -0.25) is 4.79 Å². The smallest absolute Gasteiger partial charge is 0.242 e. The van der Waals surface area contributed by atoms with Crippen LogP contribution in [0.1, 0.15) is 32.1 Å². The third kappa shape index (κ3) is 3.32. The van der Waals surface area contributed by atoms with Crippen molar-refractivity contribution < 1.29 is 4.79 Å². The minimum absolute atomic E-state index is 0.0367. The number of nitrogens with zero attached hydrogens (tertiary/aromatic N) is 4. The van der Waals surface area contributed by atoms with Gasteiger partial charge in [0.25, 0.3) is 0 Å². The van der Waals surface area contributed by atoms with E-state index in [1.54, 1.807) is 17.1 Å². The summed E-state index contributed by atoms with van der Waals surface area (Å²) in [6.45, 7) is 3.64. The van der Waals surface area contributed by atoms with Gasteiger partial charge in [0.2, 0.25) is 5.91 Å². The first-order chi connectivity index (χ1) is 9.26. The largest absolute Gasteiger partial charge is 0.348 e. The molecule has 6 nitrogen and oxygen atoms in total. The highest BCUT2D eigenvalue weighted by molar-refractivity contribution is 5.77. The lowest BCUT2D eigenvalue weighted by Gasteiger charge is -2.31. The van der Waals surface area contributed by atoms with Crippen LogP contribution in [0.25, 0.3) is 0 Å². The van der Waals surface area contributed by atoms with Crippen LogP contribution >= 0.6 is 0 Å². The third-order valence-electron chi connectivity index (χ3n) is 4.01. The summed E-state index contributed by atoms with van der Waals surface area (Å²) in [7, 11) is 0. The summed E-state index contributed by atoms with van der Waals surface area (Å²) in [5.41, 5.74) is 0.0367. The van der Waals surface area contributed by atoms with E-state index in [2.05, 4.69) is 20.5 Å². The molecule has 1 amide bonds. The van der Waals surface area contributed by atoms with E-state index < -0.39 is 0 Å². The SMILES string of the molecule is O=C(Cn1ccnn1)NC1(CN2CCCCC2)CC1. The average molecular weight is 263 g/mol. The Morgan fingerprint density at radius 2 is 2.05 bits per heavy atom. The third-order valence-corrected chi connectivity index (χ3v) is 4.01. The van der Waals surface area contributed by atoms with Crippen LogP contribution in [0.5, 0.6) is 0 Å². The number of nitrogens with one attached hydrogen (secondary N) is 1. The minimum atomic E-state index is 0.0367. The quantitative estimate of drug-likeness (QED) is 0.836. The summed E-state index contributed by atoms with van der Waals surface area (Å²) in [5, 5.41) is 10.7. The fourth-order valence-electron chi connectivity index (χ4n) is 2.82. The van der Waals surface area contributed by atoms with Crippen molar-refractivity contribution in [2.24, 2.45) is 0 Å². The molecule has 2 heterocycles. The molecule has 1 saturated carbocycles. The zero-order valence-corrected chi connectivity index (χ0v) is 11.2.